The monoisotopic (exact) mass is 576 g/mol. The largest absolute Gasteiger partial charge is 0.497 e. The third kappa shape index (κ3) is 10.3. The lowest BCUT2D eigenvalue weighted by atomic mass is 9.76. The van der Waals surface area contributed by atoms with Gasteiger partial charge in [-0.05, 0) is 84.6 Å². The van der Waals surface area contributed by atoms with E-state index in [1.807, 2.05) is 36.4 Å². The highest BCUT2D eigenvalue weighted by Gasteiger charge is 2.43. The summed E-state index contributed by atoms with van der Waals surface area (Å²) in [6.45, 7) is 32.0. The van der Waals surface area contributed by atoms with Gasteiger partial charge in [-0.3, -0.25) is 0 Å². The average molecular weight is 577 g/mol. The Balaban J connectivity index is 3.37. The lowest BCUT2D eigenvalue weighted by molar-refractivity contribution is -0.000951. The summed E-state index contributed by atoms with van der Waals surface area (Å²) in [6, 6.07) is 7.83. The van der Waals surface area contributed by atoms with Crippen LogP contribution in [0.5, 0.6) is 5.75 Å². The molecule has 0 saturated carbocycles. The van der Waals surface area contributed by atoms with E-state index in [2.05, 4.69) is 94.2 Å². The molecule has 224 valence electrons. The Labute approximate surface area is 243 Å². The van der Waals surface area contributed by atoms with Gasteiger partial charge in [-0.2, -0.15) is 0 Å². The Morgan fingerprint density at radius 3 is 1.92 bits per heavy atom. The van der Waals surface area contributed by atoms with E-state index in [0.717, 1.165) is 24.2 Å². The van der Waals surface area contributed by atoms with Gasteiger partial charge in [0.1, 0.15) is 5.75 Å². The minimum absolute atomic E-state index is 0.00996. The molecule has 0 bridgehead atoms. The summed E-state index contributed by atoms with van der Waals surface area (Å²) in [4.78, 5) is 0. The van der Waals surface area contributed by atoms with Crippen LogP contribution >= 0.6 is 0 Å². The highest BCUT2D eigenvalue weighted by Crippen LogP contribution is 2.43. The van der Waals surface area contributed by atoms with Crippen molar-refractivity contribution in [3.8, 4) is 5.75 Å². The minimum Gasteiger partial charge on any atom is -0.497 e. The van der Waals surface area contributed by atoms with E-state index in [0.29, 0.717) is 6.61 Å². The van der Waals surface area contributed by atoms with Gasteiger partial charge in [0.2, 0.25) is 0 Å². The average Bonchev–Trinajstić information content (AvgIpc) is 2.83. The van der Waals surface area contributed by atoms with E-state index in [-0.39, 0.29) is 33.9 Å². The van der Waals surface area contributed by atoms with Gasteiger partial charge in [-0.25, -0.2) is 0 Å². The predicted molar refractivity (Wildman–Crippen MR) is 174 cm³/mol. The van der Waals surface area contributed by atoms with Gasteiger partial charge in [0.05, 0.1) is 19.3 Å². The lowest BCUT2D eigenvalue weighted by Gasteiger charge is -2.45. The summed E-state index contributed by atoms with van der Waals surface area (Å²) >= 11 is 0. The smallest absolute Gasteiger partial charge is 0.192 e. The van der Waals surface area contributed by atoms with Gasteiger partial charge in [0.15, 0.2) is 16.6 Å². The van der Waals surface area contributed by atoms with Crippen LogP contribution in [-0.2, 0) is 8.85 Å². The fourth-order valence-corrected chi connectivity index (χ4v) is 6.99. The Hall–Kier alpha value is -1.19. The third-order valence-corrected chi connectivity index (χ3v) is 18.3. The molecular formula is C33H60O4Si2. The van der Waals surface area contributed by atoms with Crippen LogP contribution in [0.1, 0.15) is 79.9 Å². The molecule has 1 aromatic carbocycles. The Kier molecular flexibility index (Phi) is 13.4. The summed E-state index contributed by atoms with van der Waals surface area (Å²) in [5, 5.41) is 12.1. The van der Waals surface area contributed by atoms with E-state index < -0.39 is 22.7 Å². The first-order chi connectivity index (χ1) is 17.8. The van der Waals surface area contributed by atoms with Crippen molar-refractivity contribution in [1.29, 1.82) is 0 Å². The predicted octanol–water partition coefficient (Wildman–Crippen LogP) is 9.55. The van der Waals surface area contributed by atoms with Crippen LogP contribution < -0.4 is 4.74 Å². The summed E-state index contributed by atoms with van der Waals surface area (Å²) in [7, 11) is -2.23. The van der Waals surface area contributed by atoms with E-state index >= 15 is 0 Å². The van der Waals surface area contributed by atoms with Crippen LogP contribution in [0.2, 0.25) is 36.3 Å². The minimum atomic E-state index is -2.07. The SMILES string of the molecule is C=CC=CC(C)C(O[Si](C)(C)C(C)(C)C)C(C)C(CCCO[Si](C)(C)C(C)(C)C)C(O)c1ccc(OC)cc1. The molecule has 1 N–H and O–H groups in total. The molecule has 0 radical (unpaired) electrons. The molecule has 6 heteroatoms. The van der Waals surface area contributed by atoms with Crippen molar-refractivity contribution in [3.05, 3.63) is 54.6 Å². The molecule has 0 aliphatic heterocycles. The van der Waals surface area contributed by atoms with Crippen molar-refractivity contribution in [2.24, 2.45) is 17.8 Å². The number of aliphatic hydroxyl groups excluding tert-OH is 1. The number of hydrogen-bond acceptors (Lipinski definition) is 4. The molecule has 0 spiro atoms. The van der Waals surface area contributed by atoms with E-state index in [9.17, 15) is 5.11 Å². The number of rotatable bonds is 15. The van der Waals surface area contributed by atoms with Crippen molar-refractivity contribution in [2.45, 2.75) is 117 Å². The number of aliphatic hydroxyl groups is 1. The number of methoxy groups -OCH3 is 1. The van der Waals surface area contributed by atoms with Gasteiger partial charge in [-0.15, -0.1) is 0 Å². The second-order valence-electron chi connectivity index (χ2n) is 14.3. The summed E-state index contributed by atoms with van der Waals surface area (Å²) < 4.78 is 19.0. The first-order valence-corrected chi connectivity index (χ1v) is 20.5. The fourth-order valence-electron chi connectivity index (χ4n) is 4.44. The molecule has 0 aromatic heterocycles. The Morgan fingerprint density at radius 1 is 0.923 bits per heavy atom. The fraction of sp³-hybridized carbons (Fsp3) is 0.697. The van der Waals surface area contributed by atoms with Crippen LogP contribution in [0.3, 0.4) is 0 Å². The second-order valence-corrected chi connectivity index (χ2v) is 23.9. The highest BCUT2D eigenvalue weighted by molar-refractivity contribution is 6.74. The zero-order valence-electron chi connectivity index (χ0n) is 27.4. The van der Waals surface area contributed by atoms with Gasteiger partial charge >= 0.3 is 0 Å². The normalized spacial score (nSPS) is 17.5. The number of hydrogen-bond donors (Lipinski definition) is 1. The number of ether oxygens (including phenoxy) is 1. The molecule has 39 heavy (non-hydrogen) atoms. The molecule has 5 atom stereocenters. The van der Waals surface area contributed by atoms with Crippen molar-refractivity contribution >= 4 is 16.6 Å². The molecule has 0 amide bonds. The van der Waals surface area contributed by atoms with Crippen molar-refractivity contribution in [2.75, 3.05) is 13.7 Å². The lowest BCUT2D eigenvalue weighted by Crippen LogP contribution is -2.48. The molecule has 0 aliphatic rings. The summed E-state index contributed by atoms with van der Waals surface area (Å²) in [5.41, 5.74) is 0.915. The van der Waals surface area contributed by atoms with Gasteiger partial charge in [0.25, 0.3) is 0 Å². The van der Waals surface area contributed by atoms with Crippen LogP contribution in [0.15, 0.2) is 49.1 Å². The Bertz CT molecular complexity index is 894. The van der Waals surface area contributed by atoms with Crippen molar-refractivity contribution in [3.63, 3.8) is 0 Å². The molecule has 1 aromatic rings. The maximum Gasteiger partial charge on any atom is 0.192 e. The van der Waals surface area contributed by atoms with Crippen LogP contribution in [0, 0.1) is 17.8 Å². The first kappa shape index (κ1) is 35.8. The molecular weight excluding hydrogens is 517 g/mol. The van der Waals surface area contributed by atoms with Crippen LogP contribution in [0.4, 0.5) is 0 Å². The quantitative estimate of drug-likeness (QED) is 0.128. The number of benzene rings is 1. The topological polar surface area (TPSA) is 47.9 Å². The van der Waals surface area contributed by atoms with Gasteiger partial charge < -0.3 is 18.7 Å². The van der Waals surface area contributed by atoms with Gasteiger partial charge in [-0.1, -0.05) is 92.3 Å². The zero-order chi connectivity index (χ0) is 30.2. The maximum absolute atomic E-state index is 11.8. The highest BCUT2D eigenvalue weighted by atomic mass is 28.4. The molecule has 5 unspecified atom stereocenters. The van der Waals surface area contributed by atoms with Gasteiger partial charge in [0, 0.05) is 6.61 Å². The van der Waals surface area contributed by atoms with Crippen molar-refractivity contribution < 1.29 is 18.7 Å². The maximum atomic E-state index is 11.8. The molecule has 0 fully saturated rings. The molecule has 0 aliphatic carbocycles. The first-order valence-electron chi connectivity index (χ1n) is 14.7. The summed E-state index contributed by atoms with van der Waals surface area (Å²) in [5.74, 6) is 1.10. The summed E-state index contributed by atoms with van der Waals surface area (Å²) in [6.07, 6.45) is 7.16. The van der Waals surface area contributed by atoms with Crippen LogP contribution in [-0.4, -0.2) is 41.6 Å². The Morgan fingerprint density at radius 2 is 1.46 bits per heavy atom. The van der Waals surface area contributed by atoms with E-state index in [1.165, 1.54) is 0 Å². The molecule has 4 nitrogen and oxygen atoms in total. The zero-order valence-corrected chi connectivity index (χ0v) is 29.4. The third-order valence-electron chi connectivity index (χ3n) is 9.31. The van der Waals surface area contributed by atoms with E-state index in [4.69, 9.17) is 13.6 Å². The second kappa shape index (κ2) is 14.6. The van der Waals surface area contributed by atoms with Crippen LogP contribution in [0.25, 0.3) is 0 Å². The standard InChI is InChI=1S/C33H60O4Si2/c1-15-16-18-25(2)31(37-39(13,14)33(7,8)9)26(3)29(19-17-24-36-38(11,12)32(4,5)6)30(34)27-20-22-28(35-10)23-21-27/h15-16,18,20-23,25-26,29-31,34H,1,17,19,24H2,2-14H3. The van der Waals surface area contributed by atoms with Crippen molar-refractivity contribution in [1.82, 2.24) is 0 Å². The molecule has 0 saturated heterocycles. The molecule has 0 heterocycles. The number of allylic oxidation sites excluding steroid dienone is 2. The van der Waals surface area contributed by atoms with E-state index in [1.54, 1.807) is 7.11 Å². The molecule has 1 rings (SSSR count).